The van der Waals surface area contributed by atoms with Gasteiger partial charge in [-0.15, -0.1) is 0 Å². The average Bonchev–Trinajstić information content (AvgIpc) is 2.47. The summed E-state index contributed by atoms with van der Waals surface area (Å²) in [5, 5.41) is 8.82. The van der Waals surface area contributed by atoms with Crippen molar-refractivity contribution in [1.29, 1.82) is 0 Å². The van der Waals surface area contributed by atoms with Crippen molar-refractivity contribution >= 4 is 27.8 Å². The molecule has 1 aliphatic heterocycles. The predicted molar refractivity (Wildman–Crippen MR) is 86.0 cm³/mol. The molecule has 1 fully saturated rings. The van der Waals surface area contributed by atoms with Crippen molar-refractivity contribution in [1.82, 2.24) is 4.90 Å². The van der Waals surface area contributed by atoms with E-state index < -0.39 is 5.97 Å². The van der Waals surface area contributed by atoms with E-state index >= 15 is 0 Å². The van der Waals surface area contributed by atoms with Gasteiger partial charge in [-0.3, -0.25) is 9.59 Å². The zero-order chi connectivity index (χ0) is 16.1. The molecule has 2 rings (SSSR count). The van der Waals surface area contributed by atoms with Crippen LogP contribution in [0.2, 0.25) is 0 Å². The van der Waals surface area contributed by atoms with Crippen molar-refractivity contribution in [2.75, 3.05) is 20.2 Å². The molecule has 1 aliphatic rings. The van der Waals surface area contributed by atoms with E-state index in [4.69, 9.17) is 9.84 Å². The Labute approximate surface area is 138 Å². The number of benzene rings is 1. The number of ether oxygens (including phenoxy) is 1. The molecule has 0 bridgehead atoms. The Morgan fingerprint density at radius 2 is 2.05 bits per heavy atom. The Kier molecular flexibility index (Phi) is 5.83. The van der Waals surface area contributed by atoms with Crippen LogP contribution in [0.15, 0.2) is 22.7 Å². The second-order valence-electron chi connectivity index (χ2n) is 5.55. The summed E-state index contributed by atoms with van der Waals surface area (Å²) in [5.41, 5.74) is 0.856. The Morgan fingerprint density at radius 1 is 1.36 bits per heavy atom. The van der Waals surface area contributed by atoms with Gasteiger partial charge in [0.05, 0.1) is 13.5 Å². The molecule has 0 saturated carbocycles. The third-order valence-corrected chi connectivity index (χ3v) is 4.51. The highest BCUT2D eigenvalue weighted by Gasteiger charge is 2.24. The molecule has 1 aromatic rings. The fraction of sp³-hybridized carbons (Fsp3) is 0.500. The fourth-order valence-corrected chi connectivity index (χ4v) is 3.20. The number of carbonyl (C=O) groups excluding carboxylic acids is 1. The third-order valence-electron chi connectivity index (χ3n) is 4.01. The topological polar surface area (TPSA) is 66.8 Å². The first kappa shape index (κ1) is 16.8. The van der Waals surface area contributed by atoms with Gasteiger partial charge in [0.25, 0.3) is 0 Å². The number of carboxylic acids is 1. The van der Waals surface area contributed by atoms with E-state index in [1.165, 1.54) is 0 Å². The second-order valence-corrected chi connectivity index (χ2v) is 6.47. The van der Waals surface area contributed by atoms with Crippen LogP contribution in [0, 0.1) is 5.92 Å². The van der Waals surface area contributed by atoms with E-state index in [-0.39, 0.29) is 18.2 Å². The highest BCUT2D eigenvalue weighted by Crippen LogP contribution is 2.25. The molecule has 0 atom stereocenters. The number of carboxylic acid groups (broad SMARTS) is 1. The number of nitrogens with zero attached hydrogens (tertiary/aromatic N) is 1. The Bertz CT molecular complexity index is 553. The molecule has 0 aliphatic carbocycles. The zero-order valence-electron chi connectivity index (χ0n) is 12.5. The first-order valence-corrected chi connectivity index (χ1v) is 8.11. The number of halogens is 1. The van der Waals surface area contributed by atoms with Crippen molar-refractivity contribution in [3.8, 4) is 5.75 Å². The predicted octanol–water partition coefficient (Wildman–Crippen LogP) is 2.71. The molecule has 5 nitrogen and oxygen atoms in total. The standard InChI is InChI=1S/C16H20BrNO4/c1-22-14-3-2-13(17)9-12(14)10-15(19)18-6-4-11(5-7-18)8-16(20)21/h2-3,9,11H,4-8,10H2,1H3,(H,20,21). The van der Waals surface area contributed by atoms with Gasteiger partial charge in [-0.2, -0.15) is 0 Å². The minimum Gasteiger partial charge on any atom is -0.496 e. The van der Waals surface area contributed by atoms with Crippen molar-refractivity contribution < 1.29 is 19.4 Å². The number of likely N-dealkylation sites (tertiary alicyclic amines) is 1. The van der Waals surface area contributed by atoms with Crippen molar-refractivity contribution in [2.24, 2.45) is 5.92 Å². The summed E-state index contributed by atoms with van der Waals surface area (Å²) >= 11 is 3.41. The first-order chi connectivity index (χ1) is 10.5. The lowest BCUT2D eigenvalue weighted by Crippen LogP contribution is -2.39. The Hall–Kier alpha value is -1.56. The van der Waals surface area contributed by atoms with E-state index in [2.05, 4.69) is 15.9 Å². The minimum atomic E-state index is -0.761. The fourth-order valence-electron chi connectivity index (χ4n) is 2.79. The minimum absolute atomic E-state index is 0.0603. The number of amides is 1. The average molecular weight is 370 g/mol. The van der Waals surface area contributed by atoms with Crippen LogP contribution in [-0.2, 0) is 16.0 Å². The molecular weight excluding hydrogens is 350 g/mol. The van der Waals surface area contributed by atoms with E-state index in [0.29, 0.717) is 25.3 Å². The van der Waals surface area contributed by atoms with Gasteiger partial charge in [0.1, 0.15) is 5.75 Å². The van der Waals surface area contributed by atoms with Crippen LogP contribution < -0.4 is 4.74 Å². The van der Waals surface area contributed by atoms with E-state index in [1.54, 1.807) is 7.11 Å². The first-order valence-electron chi connectivity index (χ1n) is 7.31. The van der Waals surface area contributed by atoms with Crippen LogP contribution in [0.3, 0.4) is 0 Å². The van der Waals surface area contributed by atoms with Gasteiger partial charge in [-0.05, 0) is 37.0 Å². The lowest BCUT2D eigenvalue weighted by molar-refractivity contribution is -0.138. The highest BCUT2D eigenvalue weighted by atomic mass is 79.9. The van der Waals surface area contributed by atoms with E-state index in [9.17, 15) is 9.59 Å². The zero-order valence-corrected chi connectivity index (χ0v) is 14.1. The van der Waals surface area contributed by atoms with Crippen LogP contribution in [0.25, 0.3) is 0 Å². The van der Waals surface area contributed by atoms with Gasteiger partial charge in [-0.1, -0.05) is 15.9 Å². The van der Waals surface area contributed by atoms with Gasteiger partial charge in [0.2, 0.25) is 5.91 Å². The molecule has 22 heavy (non-hydrogen) atoms. The molecule has 1 heterocycles. The smallest absolute Gasteiger partial charge is 0.303 e. The molecule has 120 valence electrons. The molecule has 6 heteroatoms. The SMILES string of the molecule is COc1ccc(Br)cc1CC(=O)N1CCC(CC(=O)O)CC1. The summed E-state index contributed by atoms with van der Waals surface area (Å²) in [7, 11) is 1.59. The number of piperidine rings is 1. The lowest BCUT2D eigenvalue weighted by Gasteiger charge is -2.31. The quantitative estimate of drug-likeness (QED) is 0.866. The highest BCUT2D eigenvalue weighted by molar-refractivity contribution is 9.10. The molecule has 0 radical (unpaired) electrons. The molecule has 1 aromatic carbocycles. The maximum absolute atomic E-state index is 12.4. The molecule has 1 saturated heterocycles. The summed E-state index contributed by atoms with van der Waals surface area (Å²) in [6.07, 6.45) is 2.01. The summed E-state index contributed by atoms with van der Waals surface area (Å²) in [6.45, 7) is 1.26. The summed E-state index contributed by atoms with van der Waals surface area (Å²) < 4.78 is 6.21. The van der Waals surface area contributed by atoms with Gasteiger partial charge < -0.3 is 14.7 Å². The van der Waals surface area contributed by atoms with Crippen molar-refractivity contribution in [2.45, 2.75) is 25.7 Å². The summed E-state index contributed by atoms with van der Waals surface area (Å²) in [6, 6.07) is 5.61. The number of hydrogen-bond donors (Lipinski definition) is 1. The number of carbonyl (C=O) groups is 2. The van der Waals surface area contributed by atoms with Crippen LogP contribution in [-0.4, -0.2) is 42.1 Å². The van der Waals surface area contributed by atoms with Gasteiger partial charge in [-0.25, -0.2) is 0 Å². The second kappa shape index (κ2) is 7.63. The van der Waals surface area contributed by atoms with Crippen molar-refractivity contribution in [3.05, 3.63) is 28.2 Å². The van der Waals surface area contributed by atoms with Gasteiger partial charge in [0.15, 0.2) is 0 Å². The Morgan fingerprint density at radius 3 is 2.64 bits per heavy atom. The third kappa shape index (κ3) is 4.47. The van der Waals surface area contributed by atoms with Crippen molar-refractivity contribution in [3.63, 3.8) is 0 Å². The largest absolute Gasteiger partial charge is 0.496 e. The molecule has 0 spiro atoms. The van der Waals surface area contributed by atoms with Crippen LogP contribution in [0.5, 0.6) is 5.75 Å². The van der Waals surface area contributed by atoms with Crippen LogP contribution in [0.1, 0.15) is 24.8 Å². The molecule has 1 amide bonds. The van der Waals surface area contributed by atoms with E-state index in [0.717, 1.165) is 22.9 Å². The monoisotopic (exact) mass is 369 g/mol. The number of aliphatic carboxylic acids is 1. The normalized spacial score (nSPS) is 15.6. The summed E-state index contributed by atoms with van der Waals surface area (Å²) in [4.78, 5) is 25.0. The number of methoxy groups -OCH3 is 1. The molecular formula is C16H20BrNO4. The van der Waals surface area contributed by atoms with E-state index in [1.807, 2.05) is 23.1 Å². The van der Waals surface area contributed by atoms with Gasteiger partial charge >= 0.3 is 5.97 Å². The number of hydrogen-bond acceptors (Lipinski definition) is 3. The number of rotatable bonds is 5. The maximum atomic E-state index is 12.4. The Balaban J connectivity index is 1.94. The molecule has 0 unspecified atom stereocenters. The summed E-state index contributed by atoms with van der Waals surface area (Å²) in [5.74, 6) is 0.188. The van der Waals surface area contributed by atoms with Crippen LogP contribution >= 0.6 is 15.9 Å². The van der Waals surface area contributed by atoms with Crippen LogP contribution in [0.4, 0.5) is 0 Å². The lowest BCUT2D eigenvalue weighted by atomic mass is 9.93. The maximum Gasteiger partial charge on any atom is 0.303 e. The molecule has 1 N–H and O–H groups in total. The van der Waals surface area contributed by atoms with Gasteiger partial charge in [0, 0.05) is 29.5 Å². The molecule has 0 aromatic heterocycles.